The van der Waals surface area contributed by atoms with Crippen molar-refractivity contribution < 1.29 is 34.1 Å². The van der Waals surface area contributed by atoms with E-state index in [4.69, 9.17) is 21.1 Å². The number of carbonyl (C=O) groups excluding carboxylic acids is 3. The van der Waals surface area contributed by atoms with Gasteiger partial charge in [-0.05, 0) is 67.9 Å². The van der Waals surface area contributed by atoms with Gasteiger partial charge in [0.15, 0.2) is 0 Å². The van der Waals surface area contributed by atoms with Gasteiger partial charge < -0.3 is 19.7 Å². The fraction of sp³-hybridized carbons (Fsp3) is 0.179. The molecule has 8 nitrogen and oxygen atoms in total. The van der Waals surface area contributed by atoms with E-state index in [1.807, 2.05) is 0 Å². The first-order valence-corrected chi connectivity index (χ1v) is 11.9. The zero-order valence-corrected chi connectivity index (χ0v) is 20.9. The van der Waals surface area contributed by atoms with Crippen LogP contribution in [0.5, 0.6) is 11.5 Å². The molecule has 0 radical (unpaired) electrons. The van der Waals surface area contributed by atoms with Gasteiger partial charge in [-0.2, -0.15) is 0 Å². The lowest BCUT2D eigenvalue weighted by Crippen LogP contribution is -2.29. The van der Waals surface area contributed by atoms with Crippen molar-refractivity contribution in [3.05, 3.63) is 94.0 Å². The summed E-state index contributed by atoms with van der Waals surface area (Å²) in [5.41, 5.74) is 0.653. The van der Waals surface area contributed by atoms with E-state index in [2.05, 4.69) is 0 Å². The van der Waals surface area contributed by atoms with Crippen LogP contribution in [0.4, 0.5) is 5.69 Å². The second kappa shape index (κ2) is 10.8. The second-order valence-corrected chi connectivity index (χ2v) is 8.52. The van der Waals surface area contributed by atoms with Gasteiger partial charge in [-0.3, -0.25) is 14.5 Å². The number of phenols is 1. The van der Waals surface area contributed by atoms with Crippen LogP contribution in [0, 0.1) is 0 Å². The first-order valence-electron chi connectivity index (χ1n) is 11.6. The molecule has 1 fully saturated rings. The SMILES string of the molecule is CCOC(=O)c1cccc(N2C(=O)C(=O)/C(=C(/O)c3cc(OCC)ccc3Cl)C2c2cccc(O)c2)c1. The van der Waals surface area contributed by atoms with Gasteiger partial charge in [-0.1, -0.05) is 29.8 Å². The molecule has 37 heavy (non-hydrogen) atoms. The molecule has 9 heteroatoms. The van der Waals surface area contributed by atoms with E-state index in [0.29, 0.717) is 17.9 Å². The molecule has 1 aliphatic rings. The number of anilines is 1. The van der Waals surface area contributed by atoms with E-state index in [9.17, 15) is 24.6 Å². The quantitative estimate of drug-likeness (QED) is 0.189. The van der Waals surface area contributed by atoms with Gasteiger partial charge in [-0.25, -0.2) is 4.79 Å². The number of esters is 1. The van der Waals surface area contributed by atoms with Crippen LogP contribution in [0.25, 0.3) is 5.76 Å². The van der Waals surface area contributed by atoms with E-state index < -0.39 is 29.5 Å². The average Bonchev–Trinajstić information content (AvgIpc) is 3.15. The fourth-order valence-corrected chi connectivity index (χ4v) is 4.40. The maximum Gasteiger partial charge on any atom is 0.338 e. The molecule has 0 saturated carbocycles. The highest BCUT2D eigenvalue weighted by molar-refractivity contribution is 6.52. The molecule has 3 aromatic rings. The Labute approximate surface area is 218 Å². The van der Waals surface area contributed by atoms with Crippen LogP contribution in [0.2, 0.25) is 5.02 Å². The molecule has 0 aliphatic carbocycles. The molecule has 1 aliphatic heterocycles. The van der Waals surface area contributed by atoms with Crippen molar-refractivity contribution in [1.29, 1.82) is 0 Å². The van der Waals surface area contributed by atoms with Gasteiger partial charge in [0, 0.05) is 11.3 Å². The highest BCUT2D eigenvalue weighted by atomic mass is 35.5. The minimum absolute atomic E-state index is 0.0975. The molecular weight excluding hydrogens is 498 g/mol. The van der Waals surface area contributed by atoms with Gasteiger partial charge in [-0.15, -0.1) is 0 Å². The summed E-state index contributed by atoms with van der Waals surface area (Å²) in [6.45, 7) is 4.00. The predicted octanol–water partition coefficient (Wildman–Crippen LogP) is 5.25. The smallest absolute Gasteiger partial charge is 0.338 e. The molecule has 0 aromatic heterocycles. The number of phenolic OH excluding ortho intramolecular Hbond substituents is 1. The van der Waals surface area contributed by atoms with Crippen molar-refractivity contribution in [3.63, 3.8) is 0 Å². The Morgan fingerprint density at radius 3 is 2.46 bits per heavy atom. The van der Waals surface area contributed by atoms with E-state index in [1.54, 1.807) is 44.2 Å². The number of benzene rings is 3. The van der Waals surface area contributed by atoms with Gasteiger partial charge in [0.25, 0.3) is 11.7 Å². The number of rotatable bonds is 7. The van der Waals surface area contributed by atoms with Gasteiger partial charge >= 0.3 is 5.97 Å². The number of aromatic hydroxyl groups is 1. The number of amides is 1. The van der Waals surface area contributed by atoms with Crippen LogP contribution in [0.1, 0.15) is 41.4 Å². The normalized spacial score (nSPS) is 16.6. The minimum Gasteiger partial charge on any atom is -0.508 e. The molecule has 1 atom stereocenters. The number of hydrogen-bond donors (Lipinski definition) is 2. The maximum atomic E-state index is 13.4. The van der Waals surface area contributed by atoms with Crippen molar-refractivity contribution in [2.24, 2.45) is 0 Å². The molecule has 2 N–H and O–H groups in total. The lowest BCUT2D eigenvalue weighted by Gasteiger charge is -2.26. The lowest BCUT2D eigenvalue weighted by molar-refractivity contribution is -0.132. The zero-order chi connectivity index (χ0) is 26.7. The summed E-state index contributed by atoms with van der Waals surface area (Å²) < 4.78 is 10.6. The largest absolute Gasteiger partial charge is 0.508 e. The maximum absolute atomic E-state index is 13.4. The summed E-state index contributed by atoms with van der Waals surface area (Å²) in [6, 6.07) is 15.6. The van der Waals surface area contributed by atoms with Crippen LogP contribution in [-0.4, -0.2) is 41.1 Å². The van der Waals surface area contributed by atoms with Crippen LogP contribution >= 0.6 is 11.6 Å². The molecule has 190 valence electrons. The Morgan fingerprint density at radius 2 is 1.76 bits per heavy atom. The number of ketones is 1. The van der Waals surface area contributed by atoms with E-state index in [-0.39, 0.29) is 39.8 Å². The standard InChI is InChI=1S/C28H24ClNO7/c1-3-36-20-11-12-22(29)21(15-20)25(32)23-24(16-7-6-10-19(31)14-16)30(27(34)26(23)33)18-9-5-8-17(13-18)28(35)37-4-2/h5-15,24,31-32H,3-4H2,1-2H3/b25-23+. The summed E-state index contributed by atoms with van der Waals surface area (Å²) in [5, 5.41) is 21.7. The second-order valence-electron chi connectivity index (χ2n) is 8.11. The Balaban J connectivity index is 1.94. The number of hydrogen-bond acceptors (Lipinski definition) is 7. The summed E-state index contributed by atoms with van der Waals surface area (Å²) in [6.07, 6.45) is 0. The van der Waals surface area contributed by atoms with Crippen LogP contribution < -0.4 is 9.64 Å². The van der Waals surface area contributed by atoms with Crippen molar-refractivity contribution >= 4 is 40.7 Å². The number of nitrogens with zero attached hydrogens (tertiary/aromatic N) is 1. The molecule has 0 spiro atoms. The Bertz CT molecular complexity index is 1420. The highest BCUT2D eigenvalue weighted by Gasteiger charge is 2.47. The number of Topliss-reactive ketones (excluding diaryl/α,β-unsaturated/α-hetero) is 1. The summed E-state index contributed by atoms with van der Waals surface area (Å²) in [7, 11) is 0. The monoisotopic (exact) mass is 521 g/mol. The number of halogens is 1. The third-order valence-corrected chi connectivity index (χ3v) is 6.10. The molecular formula is C28H24ClNO7. The summed E-state index contributed by atoms with van der Waals surface area (Å²) >= 11 is 6.36. The molecule has 1 saturated heterocycles. The number of carbonyl (C=O) groups is 3. The van der Waals surface area contributed by atoms with Crippen molar-refractivity contribution in [2.45, 2.75) is 19.9 Å². The average molecular weight is 522 g/mol. The summed E-state index contributed by atoms with van der Waals surface area (Å²) in [5.74, 6) is -2.65. The van der Waals surface area contributed by atoms with Crippen LogP contribution in [-0.2, 0) is 14.3 Å². The molecule has 1 amide bonds. The first-order chi connectivity index (χ1) is 17.8. The Hall–Kier alpha value is -4.30. The lowest BCUT2D eigenvalue weighted by atomic mass is 9.94. The van der Waals surface area contributed by atoms with Crippen LogP contribution in [0.3, 0.4) is 0 Å². The molecule has 1 heterocycles. The van der Waals surface area contributed by atoms with Gasteiger partial charge in [0.1, 0.15) is 17.3 Å². The molecule has 4 rings (SSSR count). The molecule has 0 bridgehead atoms. The third-order valence-electron chi connectivity index (χ3n) is 5.77. The van der Waals surface area contributed by atoms with E-state index in [0.717, 1.165) is 0 Å². The van der Waals surface area contributed by atoms with Crippen LogP contribution in [0.15, 0.2) is 72.3 Å². The van der Waals surface area contributed by atoms with Gasteiger partial charge in [0.2, 0.25) is 0 Å². The van der Waals surface area contributed by atoms with Crippen molar-refractivity contribution in [1.82, 2.24) is 0 Å². The topological polar surface area (TPSA) is 113 Å². The van der Waals surface area contributed by atoms with Crippen molar-refractivity contribution in [3.8, 4) is 11.5 Å². The number of aliphatic hydroxyl groups excluding tert-OH is 1. The zero-order valence-electron chi connectivity index (χ0n) is 20.1. The van der Waals surface area contributed by atoms with E-state index >= 15 is 0 Å². The fourth-order valence-electron chi connectivity index (χ4n) is 4.19. The predicted molar refractivity (Wildman–Crippen MR) is 138 cm³/mol. The van der Waals surface area contributed by atoms with Gasteiger partial charge in [0.05, 0.1) is 35.4 Å². The number of aliphatic hydroxyl groups is 1. The summed E-state index contributed by atoms with van der Waals surface area (Å²) in [4.78, 5) is 40.3. The number of ether oxygens (including phenoxy) is 2. The molecule has 1 unspecified atom stereocenters. The van der Waals surface area contributed by atoms with Crippen molar-refractivity contribution in [2.75, 3.05) is 18.1 Å². The Morgan fingerprint density at radius 1 is 1.00 bits per heavy atom. The highest BCUT2D eigenvalue weighted by Crippen LogP contribution is 2.44. The Kier molecular flexibility index (Phi) is 7.50. The van der Waals surface area contributed by atoms with E-state index in [1.165, 1.54) is 41.3 Å². The minimum atomic E-state index is -1.13. The molecule has 3 aromatic carbocycles. The third kappa shape index (κ3) is 5.01. The first kappa shape index (κ1) is 25.8.